The van der Waals surface area contributed by atoms with E-state index >= 15 is 0 Å². The lowest BCUT2D eigenvalue weighted by atomic mass is 10.2. The Kier molecular flexibility index (Phi) is 5.65. The van der Waals surface area contributed by atoms with Crippen LogP contribution in [0, 0.1) is 0 Å². The summed E-state index contributed by atoms with van der Waals surface area (Å²) in [6.07, 6.45) is 1.23. The van der Waals surface area contributed by atoms with Gasteiger partial charge in [0.05, 0.1) is 5.69 Å². The van der Waals surface area contributed by atoms with Crippen molar-refractivity contribution in [1.29, 1.82) is 0 Å². The first-order valence-electron chi connectivity index (χ1n) is 9.71. The van der Waals surface area contributed by atoms with Crippen LogP contribution in [-0.4, -0.2) is 58.3 Å². The van der Waals surface area contributed by atoms with E-state index in [2.05, 4.69) is 20.1 Å². The lowest BCUT2D eigenvalue weighted by Gasteiger charge is -2.36. The van der Waals surface area contributed by atoms with Crippen molar-refractivity contribution in [2.45, 2.75) is 13.0 Å². The molecule has 1 atom stereocenters. The molecular formula is C22H23N5O2. The van der Waals surface area contributed by atoms with E-state index in [4.69, 9.17) is 4.74 Å². The smallest absolute Gasteiger partial charge is 0.263 e. The molecule has 7 heteroatoms. The summed E-state index contributed by atoms with van der Waals surface area (Å²) in [5.41, 5.74) is 1.55. The first-order valence-corrected chi connectivity index (χ1v) is 9.71. The molecule has 2 aromatic heterocycles. The van der Waals surface area contributed by atoms with Crippen molar-refractivity contribution in [1.82, 2.24) is 20.1 Å². The van der Waals surface area contributed by atoms with E-state index in [-0.39, 0.29) is 5.91 Å². The first-order chi connectivity index (χ1) is 14.2. The number of benzene rings is 1. The molecular weight excluding hydrogens is 366 g/mol. The van der Waals surface area contributed by atoms with Gasteiger partial charge in [-0.05, 0) is 43.3 Å². The number of para-hydroxylation sites is 1. The molecule has 0 saturated carbocycles. The van der Waals surface area contributed by atoms with Crippen molar-refractivity contribution in [2.75, 3.05) is 31.1 Å². The summed E-state index contributed by atoms with van der Waals surface area (Å²) in [4.78, 5) is 21.0. The monoisotopic (exact) mass is 389 g/mol. The van der Waals surface area contributed by atoms with Gasteiger partial charge < -0.3 is 14.5 Å². The quantitative estimate of drug-likeness (QED) is 0.668. The summed E-state index contributed by atoms with van der Waals surface area (Å²) in [5.74, 6) is 1.52. The molecule has 0 aliphatic carbocycles. The molecule has 1 aromatic carbocycles. The number of rotatable bonds is 5. The Balaban J connectivity index is 1.32. The first kappa shape index (κ1) is 18.9. The van der Waals surface area contributed by atoms with Crippen LogP contribution in [0.5, 0.6) is 5.75 Å². The van der Waals surface area contributed by atoms with Crippen molar-refractivity contribution in [3.8, 4) is 17.1 Å². The van der Waals surface area contributed by atoms with E-state index in [1.807, 2.05) is 65.6 Å². The number of pyridine rings is 1. The van der Waals surface area contributed by atoms with Crippen molar-refractivity contribution in [3.05, 3.63) is 66.9 Å². The molecule has 0 N–H and O–H groups in total. The minimum absolute atomic E-state index is 0.00471. The lowest BCUT2D eigenvalue weighted by molar-refractivity contribution is -0.138. The number of anilines is 1. The summed E-state index contributed by atoms with van der Waals surface area (Å²) in [5, 5.41) is 8.65. The molecule has 0 radical (unpaired) electrons. The zero-order valence-corrected chi connectivity index (χ0v) is 16.3. The van der Waals surface area contributed by atoms with E-state index in [0.717, 1.165) is 17.2 Å². The van der Waals surface area contributed by atoms with Gasteiger partial charge in [-0.2, -0.15) is 0 Å². The minimum Gasteiger partial charge on any atom is -0.481 e. The van der Waals surface area contributed by atoms with Crippen LogP contribution in [0.3, 0.4) is 0 Å². The average Bonchev–Trinajstić information content (AvgIpc) is 2.80. The summed E-state index contributed by atoms with van der Waals surface area (Å²) in [6.45, 7) is 4.47. The van der Waals surface area contributed by atoms with Crippen LogP contribution in [0.25, 0.3) is 11.4 Å². The third kappa shape index (κ3) is 4.51. The Morgan fingerprint density at radius 3 is 2.31 bits per heavy atom. The van der Waals surface area contributed by atoms with Gasteiger partial charge in [0.15, 0.2) is 11.9 Å². The Morgan fingerprint density at radius 2 is 1.66 bits per heavy atom. The van der Waals surface area contributed by atoms with Crippen LogP contribution in [0.15, 0.2) is 66.9 Å². The number of aromatic nitrogens is 3. The molecule has 148 valence electrons. The Morgan fingerprint density at radius 1 is 0.897 bits per heavy atom. The van der Waals surface area contributed by atoms with Crippen LogP contribution in [0.4, 0.5) is 5.82 Å². The van der Waals surface area contributed by atoms with Gasteiger partial charge in [-0.15, -0.1) is 10.2 Å². The third-order valence-electron chi connectivity index (χ3n) is 4.90. The van der Waals surface area contributed by atoms with Crippen molar-refractivity contribution in [3.63, 3.8) is 0 Å². The number of piperazine rings is 1. The number of nitrogens with zero attached hydrogens (tertiary/aromatic N) is 5. The number of hydrogen-bond acceptors (Lipinski definition) is 6. The standard InChI is InChI=1S/C22H23N5O2/c1-17(29-18-7-3-2-4-8-18)22(28)27-15-13-26(14-16-27)21-11-10-20(24-25-21)19-9-5-6-12-23-19/h2-12,17H,13-16H2,1H3/t17-/m1/s1. The highest BCUT2D eigenvalue weighted by atomic mass is 16.5. The lowest BCUT2D eigenvalue weighted by Crippen LogP contribution is -2.52. The zero-order valence-electron chi connectivity index (χ0n) is 16.3. The van der Waals surface area contributed by atoms with E-state index in [1.54, 1.807) is 13.1 Å². The summed E-state index contributed by atoms with van der Waals surface area (Å²) >= 11 is 0. The van der Waals surface area contributed by atoms with Crippen LogP contribution in [0.1, 0.15) is 6.92 Å². The maximum atomic E-state index is 12.7. The van der Waals surface area contributed by atoms with Crippen molar-refractivity contribution in [2.24, 2.45) is 0 Å². The van der Waals surface area contributed by atoms with Crippen LogP contribution >= 0.6 is 0 Å². The second kappa shape index (κ2) is 8.68. The van der Waals surface area contributed by atoms with Gasteiger partial charge in [0.2, 0.25) is 0 Å². The molecule has 3 heterocycles. The van der Waals surface area contributed by atoms with Crippen LogP contribution in [-0.2, 0) is 4.79 Å². The summed E-state index contributed by atoms with van der Waals surface area (Å²) < 4.78 is 5.76. The SMILES string of the molecule is C[C@@H](Oc1ccccc1)C(=O)N1CCN(c2ccc(-c3ccccn3)nn2)CC1. The third-order valence-corrected chi connectivity index (χ3v) is 4.90. The van der Waals surface area contributed by atoms with Gasteiger partial charge >= 0.3 is 0 Å². The molecule has 0 spiro atoms. The molecule has 0 unspecified atom stereocenters. The molecule has 1 aliphatic rings. The molecule has 1 amide bonds. The van der Waals surface area contributed by atoms with E-state index in [1.165, 1.54) is 0 Å². The second-order valence-corrected chi connectivity index (χ2v) is 6.88. The van der Waals surface area contributed by atoms with Crippen LogP contribution in [0.2, 0.25) is 0 Å². The molecule has 0 bridgehead atoms. The average molecular weight is 389 g/mol. The van der Waals surface area contributed by atoms with E-state index in [0.29, 0.717) is 31.9 Å². The summed E-state index contributed by atoms with van der Waals surface area (Å²) in [6, 6.07) is 19.0. The molecule has 1 saturated heterocycles. The Labute approximate surface area is 170 Å². The van der Waals surface area contributed by atoms with Gasteiger partial charge in [-0.3, -0.25) is 9.78 Å². The molecule has 3 aromatic rings. The van der Waals surface area contributed by atoms with Gasteiger partial charge in [-0.25, -0.2) is 0 Å². The van der Waals surface area contributed by atoms with Crippen LogP contribution < -0.4 is 9.64 Å². The van der Waals surface area contributed by atoms with Gasteiger partial charge in [-0.1, -0.05) is 24.3 Å². The van der Waals surface area contributed by atoms with Gasteiger partial charge in [0.1, 0.15) is 11.4 Å². The Bertz CT molecular complexity index is 926. The number of carbonyl (C=O) groups is 1. The molecule has 7 nitrogen and oxygen atoms in total. The second-order valence-electron chi connectivity index (χ2n) is 6.88. The Hall–Kier alpha value is -3.48. The fourth-order valence-corrected chi connectivity index (χ4v) is 3.31. The maximum absolute atomic E-state index is 12.7. The van der Waals surface area contributed by atoms with Crippen molar-refractivity contribution < 1.29 is 9.53 Å². The number of hydrogen-bond donors (Lipinski definition) is 0. The maximum Gasteiger partial charge on any atom is 0.263 e. The highest BCUT2D eigenvalue weighted by Crippen LogP contribution is 2.18. The molecule has 1 aliphatic heterocycles. The number of ether oxygens (including phenoxy) is 1. The summed E-state index contributed by atoms with van der Waals surface area (Å²) in [7, 11) is 0. The topological polar surface area (TPSA) is 71.5 Å². The minimum atomic E-state index is -0.513. The normalized spacial score (nSPS) is 15.1. The fraction of sp³-hybridized carbons (Fsp3) is 0.273. The molecule has 1 fully saturated rings. The van der Waals surface area contributed by atoms with E-state index in [9.17, 15) is 4.79 Å². The molecule has 29 heavy (non-hydrogen) atoms. The highest BCUT2D eigenvalue weighted by molar-refractivity contribution is 5.81. The number of carbonyl (C=O) groups excluding carboxylic acids is 1. The molecule has 4 rings (SSSR count). The van der Waals surface area contributed by atoms with Gasteiger partial charge in [0.25, 0.3) is 5.91 Å². The fourth-order valence-electron chi connectivity index (χ4n) is 3.31. The largest absolute Gasteiger partial charge is 0.481 e. The van der Waals surface area contributed by atoms with Crippen molar-refractivity contribution >= 4 is 11.7 Å². The predicted octanol–water partition coefficient (Wildman–Crippen LogP) is 2.65. The zero-order chi connectivity index (χ0) is 20.1. The van der Waals surface area contributed by atoms with E-state index < -0.39 is 6.10 Å². The van der Waals surface area contributed by atoms with Gasteiger partial charge in [0, 0.05) is 32.4 Å². The predicted molar refractivity (Wildman–Crippen MR) is 111 cm³/mol. The highest BCUT2D eigenvalue weighted by Gasteiger charge is 2.26. The number of amides is 1.